The first-order chi connectivity index (χ1) is 7.78. The molecule has 0 radical (unpaired) electrons. The molecule has 162 valence electrons. The van der Waals surface area contributed by atoms with Gasteiger partial charge in [-0.2, -0.15) is 0 Å². The van der Waals surface area contributed by atoms with Gasteiger partial charge < -0.3 is 67.9 Å². The fourth-order valence-corrected chi connectivity index (χ4v) is 0.714. The molecule has 18 N–H and O–H groups in total. The summed E-state index contributed by atoms with van der Waals surface area (Å²) >= 11 is 0. The largest absolute Gasteiger partial charge is 2.00 e. The van der Waals surface area contributed by atoms with Crippen LogP contribution in [0.5, 0.6) is 0 Å². The van der Waals surface area contributed by atoms with Gasteiger partial charge in [-0.3, -0.25) is 18.0 Å². The summed E-state index contributed by atoms with van der Waals surface area (Å²) in [6.07, 6.45) is -2.29. The molecule has 18 nitrogen and oxygen atoms in total. The number of carboxylic acids is 3. The summed E-state index contributed by atoms with van der Waals surface area (Å²) < 4.78 is 34.1. The van der Waals surface area contributed by atoms with Crippen LogP contribution in [-0.4, -0.2) is 123 Å². The Morgan fingerprint density at radius 2 is 0.885 bits per heavy atom. The van der Waals surface area contributed by atoms with Gasteiger partial charge in [0.15, 0.2) is 5.60 Å². The normalized spacial score (nSPS) is 7.65. The van der Waals surface area contributed by atoms with E-state index in [2.05, 4.69) is 0 Å². The molecule has 0 aromatic rings. The molecule has 0 fully saturated rings. The predicted octanol–water partition coefficient (Wildman–Crippen LogP) is -8.74. The van der Waals surface area contributed by atoms with Gasteiger partial charge in [0.2, 0.25) is 0 Å². The van der Waals surface area contributed by atoms with Gasteiger partial charge in [-0.1, -0.05) is 0 Å². The van der Waals surface area contributed by atoms with E-state index < -0.39 is 46.7 Å². The van der Waals surface area contributed by atoms with Crippen LogP contribution in [0.2, 0.25) is 0 Å². The third kappa shape index (κ3) is 49.5. The van der Waals surface area contributed by atoms with Gasteiger partial charge in [0.1, 0.15) is 0 Å². The summed E-state index contributed by atoms with van der Waals surface area (Å²) in [7, 11) is -5.17. The molecule has 0 aliphatic heterocycles. The molecule has 0 bridgehead atoms. The SMILES string of the molecule is O.O.O.O.O.O.O.O=C(O)CC(O)(CC(=O)O)C(=O)O.O=S(=O)([O-])[O-].[Mg+2]. The molecule has 0 saturated heterocycles. The van der Waals surface area contributed by atoms with Crippen molar-refractivity contribution in [3.63, 3.8) is 0 Å². The van der Waals surface area contributed by atoms with Crippen LogP contribution in [0.25, 0.3) is 0 Å². The first-order valence-electron chi connectivity index (χ1n) is 3.84. The van der Waals surface area contributed by atoms with Crippen LogP contribution in [0.15, 0.2) is 0 Å². The molecule has 0 aliphatic rings. The summed E-state index contributed by atoms with van der Waals surface area (Å²) in [6.45, 7) is 0. The second-order valence-electron chi connectivity index (χ2n) is 2.89. The maximum atomic E-state index is 10.3. The van der Waals surface area contributed by atoms with Gasteiger partial charge in [-0.15, -0.1) is 0 Å². The summed E-state index contributed by atoms with van der Waals surface area (Å²) in [5, 5.41) is 33.8. The van der Waals surface area contributed by atoms with Crippen molar-refractivity contribution in [2.24, 2.45) is 0 Å². The van der Waals surface area contributed by atoms with Crippen molar-refractivity contribution >= 4 is 51.4 Å². The monoisotopic (exact) mass is 438 g/mol. The first kappa shape index (κ1) is 64.2. The van der Waals surface area contributed by atoms with Crippen molar-refractivity contribution in [1.82, 2.24) is 0 Å². The standard InChI is InChI=1S/C6H8O7.Mg.H2O4S.7H2O/c7-3(8)1-6(13,5(11)12)2-4(9)10;;1-5(2,3)4;;;;;;;/h13H,1-2H2,(H,7,8)(H,9,10)(H,11,12);;(H2,1,2,3,4);7*1H2/q;+2;;;;;;;;/p-2. The maximum absolute atomic E-state index is 10.3. The summed E-state index contributed by atoms with van der Waals surface area (Å²) in [5.74, 6) is -5.02. The molecule has 0 heterocycles. The smallest absolute Gasteiger partial charge is 0.759 e. The van der Waals surface area contributed by atoms with Crippen LogP contribution in [0.1, 0.15) is 12.8 Å². The second kappa shape index (κ2) is 26.0. The zero-order valence-corrected chi connectivity index (χ0v) is 14.9. The summed E-state index contributed by atoms with van der Waals surface area (Å²) in [5.41, 5.74) is -2.74. The summed E-state index contributed by atoms with van der Waals surface area (Å²) in [6, 6.07) is 0. The fourth-order valence-electron chi connectivity index (χ4n) is 0.714. The average Bonchev–Trinajstić information content (AvgIpc) is 1.95. The van der Waals surface area contributed by atoms with Gasteiger partial charge >= 0.3 is 41.0 Å². The quantitative estimate of drug-likeness (QED) is 0.177. The molecular formula is C6H22MgO18S. The number of hydrogen-bond acceptors (Lipinski definition) is 8. The molecule has 0 atom stereocenters. The first-order valence-corrected chi connectivity index (χ1v) is 5.17. The Labute approximate surface area is 160 Å². The fraction of sp³-hybridized carbons (Fsp3) is 0.500. The topological polar surface area (TPSA) is 433 Å². The van der Waals surface area contributed by atoms with Gasteiger partial charge in [0.05, 0.1) is 12.8 Å². The molecule has 0 saturated carbocycles. The minimum Gasteiger partial charge on any atom is -0.759 e. The van der Waals surface area contributed by atoms with Crippen molar-refractivity contribution in [3.8, 4) is 0 Å². The number of aliphatic carboxylic acids is 3. The van der Waals surface area contributed by atoms with Crippen LogP contribution in [0.4, 0.5) is 0 Å². The average molecular weight is 439 g/mol. The van der Waals surface area contributed by atoms with Crippen LogP contribution < -0.4 is 0 Å². The van der Waals surface area contributed by atoms with E-state index in [0.29, 0.717) is 0 Å². The van der Waals surface area contributed by atoms with Gasteiger partial charge in [-0.25, -0.2) is 4.79 Å². The van der Waals surface area contributed by atoms with E-state index in [1.807, 2.05) is 0 Å². The van der Waals surface area contributed by atoms with Crippen molar-refractivity contribution < 1.29 is 90.7 Å². The third-order valence-corrected chi connectivity index (χ3v) is 1.29. The number of carboxylic acid groups (broad SMARTS) is 3. The molecule has 26 heavy (non-hydrogen) atoms. The van der Waals surface area contributed by atoms with Crippen LogP contribution in [0, 0.1) is 0 Å². The van der Waals surface area contributed by atoms with E-state index in [4.69, 9.17) is 37.9 Å². The van der Waals surface area contributed by atoms with Crippen molar-refractivity contribution in [2.45, 2.75) is 18.4 Å². The van der Waals surface area contributed by atoms with Crippen LogP contribution >= 0.6 is 0 Å². The number of carbonyl (C=O) groups is 3. The second-order valence-corrected chi connectivity index (χ2v) is 3.70. The summed E-state index contributed by atoms with van der Waals surface area (Å²) in [4.78, 5) is 30.5. The van der Waals surface area contributed by atoms with Crippen LogP contribution in [-0.2, 0) is 24.8 Å². The minimum atomic E-state index is -5.17. The Balaban J connectivity index is -0.0000000223. The Morgan fingerprint density at radius 3 is 0.962 bits per heavy atom. The van der Waals surface area contributed by atoms with Gasteiger partial charge in [0, 0.05) is 10.4 Å². The Bertz CT molecular complexity index is 407. The van der Waals surface area contributed by atoms with Crippen LogP contribution in [0.3, 0.4) is 0 Å². The van der Waals surface area contributed by atoms with Crippen molar-refractivity contribution in [3.05, 3.63) is 0 Å². The van der Waals surface area contributed by atoms with Crippen molar-refractivity contribution in [1.29, 1.82) is 0 Å². The van der Waals surface area contributed by atoms with E-state index in [9.17, 15) is 14.4 Å². The van der Waals surface area contributed by atoms with E-state index in [1.165, 1.54) is 0 Å². The predicted molar refractivity (Wildman–Crippen MR) is 78.6 cm³/mol. The molecule has 0 aromatic carbocycles. The molecule has 0 unspecified atom stereocenters. The zero-order chi connectivity index (χ0) is 15.1. The van der Waals surface area contributed by atoms with E-state index in [1.54, 1.807) is 0 Å². The Kier molecular flexibility index (Phi) is 64.1. The van der Waals surface area contributed by atoms with Gasteiger partial charge in [0.25, 0.3) is 0 Å². The molecule has 0 amide bonds. The molecule has 0 spiro atoms. The molecule has 20 heteroatoms. The van der Waals surface area contributed by atoms with E-state index in [0.717, 1.165) is 0 Å². The number of hydrogen-bond donors (Lipinski definition) is 4. The van der Waals surface area contributed by atoms with E-state index >= 15 is 0 Å². The third-order valence-electron chi connectivity index (χ3n) is 1.29. The minimum absolute atomic E-state index is 0. The molecule has 0 rings (SSSR count). The number of rotatable bonds is 5. The Morgan fingerprint density at radius 1 is 0.731 bits per heavy atom. The number of aliphatic hydroxyl groups is 1. The maximum Gasteiger partial charge on any atom is 2.00 e. The van der Waals surface area contributed by atoms with E-state index in [-0.39, 0.29) is 61.4 Å². The van der Waals surface area contributed by atoms with Crippen molar-refractivity contribution in [2.75, 3.05) is 0 Å². The van der Waals surface area contributed by atoms with Gasteiger partial charge in [-0.05, 0) is 0 Å². The molecule has 0 aliphatic carbocycles. The molecule has 0 aromatic heterocycles. The molecular weight excluding hydrogens is 416 g/mol. The Hall–Kier alpha value is -1.27. The zero-order valence-electron chi connectivity index (χ0n) is 12.7.